The second-order valence-electron chi connectivity index (χ2n) is 9.20. The molecule has 2 unspecified atom stereocenters. The Morgan fingerprint density at radius 3 is 2.84 bits per heavy atom. The van der Waals surface area contributed by atoms with Crippen molar-refractivity contribution in [3.8, 4) is 0 Å². The van der Waals surface area contributed by atoms with E-state index in [4.69, 9.17) is 9.72 Å². The van der Waals surface area contributed by atoms with Gasteiger partial charge in [0, 0.05) is 36.2 Å². The molecule has 1 aromatic heterocycles. The molecule has 2 atom stereocenters. The molecule has 0 saturated carbocycles. The van der Waals surface area contributed by atoms with Crippen molar-refractivity contribution in [1.82, 2.24) is 9.88 Å². The first-order valence-corrected chi connectivity index (χ1v) is 11.3. The largest absolute Gasteiger partial charge is 0.460 e. The van der Waals surface area contributed by atoms with E-state index in [2.05, 4.69) is 11.8 Å². The lowest BCUT2D eigenvalue weighted by Gasteiger charge is -2.26. The lowest BCUT2D eigenvalue weighted by atomic mass is 9.79. The number of hydrogen-bond acceptors (Lipinski definition) is 5. The molecule has 2 aliphatic heterocycles. The summed E-state index contributed by atoms with van der Waals surface area (Å²) in [6.07, 6.45) is 5.10. The number of rotatable bonds is 3. The highest BCUT2D eigenvalue weighted by atomic mass is 19.1. The highest BCUT2D eigenvalue weighted by Gasteiger charge is 2.35. The minimum Gasteiger partial charge on any atom is -0.460 e. The van der Waals surface area contributed by atoms with Gasteiger partial charge in [0.05, 0.1) is 22.8 Å². The van der Waals surface area contributed by atoms with Crippen molar-refractivity contribution in [1.29, 1.82) is 0 Å². The van der Waals surface area contributed by atoms with Crippen molar-refractivity contribution in [2.75, 3.05) is 13.7 Å². The third-order valence-corrected chi connectivity index (χ3v) is 7.36. The number of esters is 1. The summed E-state index contributed by atoms with van der Waals surface area (Å²) in [5.74, 6) is -0.636. The SMILES string of the molecule is CCC1C(=O)OCC(C=O)=C1/C=C1/c2nc3cc(F)c(C)c4c3c(c2CN1C)C(C)CC4. The molecule has 2 aromatic rings. The lowest BCUT2D eigenvalue weighted by molar-refractivity contribution is -0.147. The summed E-state index contributed by atoms with van der Waals surface area (Å²) in [6.45, 7) is 6.69. The van der Waals surface area contributed by atoms with Crippen LogP contribution in [-0.2, 0) is 27.3 Å². The maximum atomic E-state index is 14.7. The van der Waals surface area contributed by atoms with Crippen LogP contribution < -0.4 is 0 Å². The summed E-state index contributed by atoms with van der Waals surface area (Å²) in [7, 11) is 1.99. The Balaban J connectivity index is 1.78. The fourth-order valence-corrected chi connectivity index (χ4v) is 5.57. The van der Waals surface area contributed by atoms with Gasteiger partial charge in [0.1, 0.15) is 18.7 Å². The van der Waals surface area contributed by atoms with Gasteiger partial charge in [0.25, 0.3) is 0 Å². The molecule has 0 spiro atoms. The topological polar surface area (TPSA) is 59.5 Å². The number of cyclic esters (lactones) is 1. The fraction of sp³-hybridized carbons (Fsp3) is 0.423. The summed E-state index contributed by atoms with van der Waals surface area (Å²) in [4.78, 5) is 31.1. The van der Waals surface area contributed by atoms with Gasteiger partial charge in [-0.3, -0.25) is 9.59 Å². The molecule has 0 radical (unpaired) electrons. The quantitative estimate of drug-likeness (QED) is 0.522. The number of benzene rings is 1. The average Bonchev–Trinajstić information content (AvgIpc) is 3.08. The normalized spacial score (nSPS) is 23.7. The Kier molecular flexibility index (Phi) is 4.91. The number of allylic oxidation sites excluding steroid dienone is 1. The van der Waals surface area contributed by atoms with E-state index in [1.54, 1.807) is 6.07 Å². The summed E-state index contributed by atoms with van der Waals surface area (Å²) in [6, 6.07) is 1.55. The molecule has 5 nitrogen and oxygen atoms in total. The van der Waals surface area contributed by atoms with E-state index in [1.807, 2.05) is 27.0 Å². The van der Waals surface area contributed by atoms with Crippen molar-refractivity contribution < 1.29 is 18.7 Å². The molecule has 0 amide bonds. The number of nitrogens with zero attached hydrogens (tertiary/aromatic N) is 2. The van der Waals surface area contributed by atoms with Gasteiger partial charge in [-0.1, -0.05) is 13.8 Å². The first-order chi connectivity index (χ1) is 15.3. The van der Waals surface area contributed by atoms with Crippen molar-refractivity contribution in [3.05, 3.63) is 57.1 Å². The van der Waals surface area contributed by atoms with Gasteiger partial charge in [-0.2, -0.15) is 0 Å². The maximum absolute atomic E-state index is 14.7. The molecule has 3 aliphatic rings. The molecule has 3 heterocycles. The van der Waals surface area contributed by atoms with Gasteiger partial charge in [-0.25, -0.2) is 9.37 Å². The summed E-state index contributed by atoms with van der Waals surface area (Å²) < 4.78 is 19.9. The monoisotopic (exact) mass is 434 g/mol. The number of ether oxygens (including phenoxy) is 1. The van der Waals surface area contributed by atoms with Gasteiger partial charge >= 0.3 is 5.97 Å². The first-order valence-electron chi connectivity index (χ1n) is 11.3. The van der Waals surface area contributed by atoms with Crippen LogP contribution >= 0.6 is 0 Å². The van der Waals surface area contributed by atoms with Crippen molar-refractivity contribution in [2.24, 2.45) is 5.92 Å². The van der Waals surface area contributed by atoms with E-state index in [1.165, 1.54) is 11.1 Å². The number of hydrogen-bond donors (Lipinski definition) is 0. The van der Waals surface area contributed by atoms with Crippen LogP contribution in [0.4, 0.5) is 4.39 Å². The zero-order chi connectivity index (χ0) is 22.7. The Hall–Kier alpha value is -3.02. The average molecular weight is 435 g/mol. The molecule has 6 heteroatoms. The molecule has 0 bridgehead atoms. The van der Waals surface area contributed by atoms with Gasteiger partial charge in [0.2, 0.25) is 0 Å². The first kappa shape index (κ1) is 20.9. The molecule has 32 heavy (non-hydrogen) atoms. The van der Waals surface area contributed by atoms with Gasteiger partial charge in [-0.05, 0) is 60.4 Å². The highest BCUT2D eigenvalue weighted by molar-refractivity contribution is 5.93. The summed E-state index contributed by atoms with van der Waals surface area (Å²) in [5.41, 5.74) is 7.81. The number of carbonyl (C=O) groups is 2. The number of aldehydes is 1. The van der Waals surface area contributed by atoms with Gasteiger partial charge < -0.3 is 9.64 Å². The molecule has 0 fully saturated rings. The minimum atomic E-state index is -0.474. The van der Waals surface area contributed by atoms with Crippen LogP contribution in [0.3, 0.4) is 0 Å². The predicted molar refractivity (Wildman–Crippen MR) is 120 cm³/mol. The van der Waals surface area contributed by atoms with Crippen LogP contribution in [-0.4, -0.2) is 35.8 Å². The Morgan fingerprint density at radius 2 is 2.12 bits per heavy atom. The zero-order valence-corrected chi connectivity index (χ0v) is 18.9. The summed E-state index contributed by atoms with van der Waals surface area (Å²) in [5, 5.41) is 1.11. The van der Waals surface area contributed by atoms with Crippen LogP contribution in [0.2, 0.25) is 0 Å². The lowest BCUT2D eigenvalue weighted by Crippen LogP contribution is -2.27. The molecule has 1 aliphatic carbocycles. The third-order valence-electron chi connectivity index (χ3n) is 7.36. The van der Waals surface area contributed by atoms with Crippen LogP contribution in [0, 0.1) is 18.7 Å². The molecule has 5 rings (SSSR count). The number of fused-ring (bicyclic) bond motifs is 2. The van der Waals surface area contributed by atoms with E-state index < -0.39 is 5.92 Å². The van der Waals surface area contributed by atoms with Crippen LogP contribution in [0.25, 0.3) is 16.6 Å². The maximum Gasteiger partial charge on any atom is 0.313 e. The molecule has 1 aromatic carbocycles. The van der Waals surface area contributed by atoms with E-state index in [0.29, 0.717) is 35.5 Å². The molecular formula is C26H27FN2O3. The minimum absolute atomic E-state index is 0.00417. The number of aryl methyl sites for hydroxylation is 1. The number of carbonyl (C=O) groups excluding carboxylic acids is 2. The number of pyridine rings is 1. The van der Waals surface area contributed by atoms with E-state index in [-0.39, 0.29) is 18.4 Å². The highest BCUT2D eigenvalue weighted by Crippen LogP contribution is 2.45. The van der Waals surface area contributed by atoms with E-state index in [0.717, 1.165) is 47.0 Å². The Labute approximate surface area is 187 Å². The third kappa shape index (κ3) is 2.92. The zero-order valence-electron chi connectivity index (χ0n) is 18.9. The summed E-state index contributed by atoms with van der Waals surface area (Å²) >= 11 is 0. The van der Waals surface area contributed by atoms with Gasteiger partial charge in [-0.15, -0.1) is 0 Å². The van der Waals surface area contributed by atoms with Crippen molar-refractivity contribution in [2.45, 2.75) is 52.5 Å². The molecule has 0 saturated heterocycles. The molecule has 166 valence electrons. The molecular weight excluding hydrogens is 407 g/mol. The van der Waals surface area contributed by atoms with Crippen molar-refractivity contribution in [3.63, 3.8) is 0 Å². The Bertz CT molecular complexity index is 1240. The number of aromatic nitrogens is 1. The fourth-order valence-electron chi connectivity index (χ4n) is 5.57. The van der Waals surface area contributed by atoms with Crippen LogP contribution in [0.15, 0.2) is 23.3 Å². The van der Waals surface area contributed by atoms with Gasteiger partial charge in [0.15, 0.2) is 0 Å². The smallest absolute Gasteiger partial charge is 0.313 e. The Morgan fingerprint density at radius 1 is 1.34 bits per heavy atom. The predicted octanol–water partition coefficient (Wildman–Crippen LogP) is 4.60. The van der Waals surface area contributed by atoms with E-state index >= 15 is 0 Å². The standard InChI is InChI=1S/C26H27FN2O3/c1-5-16-18(15(11-30)12-32-26(16)31)8-22-25-19(10-29(22)4)23-13(2)6-7-17-14(3)20(27)9-21(28-25)24(17)23/h8-9,11,13,16H,5-7,10,12H2,1-4H3/b22-8-. The van der Waals surface area contributed by atoms with Crippen LogP contribution in [0.1, 0.15) is 60.6 Å². The second-order valence-corrected chi connectivity index (χ2v) is 9.20. The second kappa shape index (κ2) is 7.54. The van der Waals surface area contributed by atoms with Crippen LogP contribution in [0.5, 0.6) is 0 Å². The van der Waals surface area contributed by atoms with Crippen molar-refractivity contribution >= 4 is 28.9 Å². The van der Waals surface area contributed by atoms with E-state index in [9.17, 15) is 14.0 Å². The molecule has 0 N–H and O–H groups in total. The number of halogens is 1.